The topological polar surface area (TPSA) is 66.9 Å². The number of rotatable bonds is 8. The number of benzene rings is 1. The Morgan fingerprint density at radius 2 is 1.64 bits per heavy atom. The van der Waals surface area contributed by atoms with Crippen LogP contribution in [0, 0.1) is 0 Å². The SMILES string of the molecule is CCN(CC)CCOC(=O)c1ccc(S(=O)(=O)N(C)C)cc1. The molecular weight excluding hydrogens is 304 g/mol. The molecule has 0 aliphatic heterocycles. The summed E-state index contributed by atoms with van der Waals surface area (Å²) in [5, 5.41) is 0. The minimum atomic E-state index is -3.48. The maximum absolute atomic E-state index is 11.9. The van der Waals surface area contributed by atoms with Crippen molar-refractivity contribution in [3.63, 3.8) is 0 Å². The molecule has 0 saturated heterocycles. The van der Waals surface area contributed by atoms with Gasteiger partial charge in [-0.05, 0) is 37.4 Å². The van der Waals surface area contributed by atoms with Crippen molar-refractivity contribution < 1.29 is 17.9 Å². The molecule has 1 aromatic carbocycles. The Labute approximate surface area is 132 Å². The van der Waals surface area contributed by atoms with Gasteiger partial charge in [0.1, 0.15) is 6.61 Å². The van der Waals surface area contributed by atoms with Gasteiger partial charge >= 0.3 is 5.97 Å². The summed E-state index contributed by atoms with van der Waals surface area (Å²) in [5.41, 5.74) is 0.345. The van der Waals surface area contributed by atoms with E-state index in [1.165, 1.54) is 38.4 Å². The van der Waals surface area contributed by atoms with Crippen molar-refractivity contribution >= 4 is 16.0 Å². The number of esters is 1. The normalized spacial score (nSPS) is 11.9. The van der Waals surface area contributed by atoms with E-state index in [-0.39, 0.29) is 4.90 Å². The summed E-state index contributed by atoms with van der Waals surface area (Å²) in [6.45, 7) is 6.92. The molecule has 0 amide bonds. The van der Waals surface area contributed by atoms with Crippen LogP contribution >= 0.6 is 0 Å². The Morgan fingerprint density at radius 1 is 1.09 bits per heavy atom. The third-order valence-corrected chi connectivity index (χ3v) is 5.23. The maximum atomic E-state index is 11.9. The van der Waals surface area contributed by atoms with E-state index in [1.54, 1.807) is 0 Å². The van der Waals surface area contributed by atoms with Gasteiger partial charge < -0.3 is 9.64 Å². The van der Waals surface area contributed by atoms with Crippen LogP contribution in [0.2, 0.25) is 0 Å². The first kappa shape index (κ1) is 18.6. The Balaban J connectivity index is 2.65. The highest BCUT2D eigenvalue weighted by Crippen LogP contribution is 2.14. The zero-order chi connectivity index (χ0) is 16.8. The Morgan fingerprint density at radius 3 is 2.09 bits per heavy atom. The molecule has 0 heterocycles. The van der Waals surface area contributed by atoms with E-state index in [0.717, 1.165) is 17.4 Å². The van der Waals surface area contributed by atoms with Crippen molar-refractivity contribution in [2.24, 2.45) is 0 Å². The summed E-state index contributed by atoms with van der Waals surface area (Å²) in [4.78, 5) is 14.2. The Kier molecular flexibility index (Phi) is 6.99. The first-order valence-corrected chi connectivity index (χ1v) is 8.69. The van der Waals surface area contributed by atoms with Crippen molar-refractivity contribution in [3.8, 4) is 0 Å². The van der Waals surface area contributed by atoms with Crippen LogP contribution in [0.25, 0.3) is 0 Å². The van der Waals surface area contributed by atoms with Crippen molar-refractivity contribution in [1.29, 1.82) is 0 Å². The summed E-state index contributed by atoms with van der Waals surface area (Å²) in [5.74, 6) is -0.444. The van der Waals surface area contributed by atoms with E-state index in [1.807, 2.05) is 0 Å². The van der Waals surface area contributed by atoms with Crippen LogP contribution in [0.15, 0.2) is 29.2 Å². The average molecular weight is 328 g/mol. The number of nitrogens with zero attached hydrogens (tertiary/aromatic N) is 2. The van der Waals surface area contributed by atoms with Gasteiger partial charge in [-0.15, -0.1) is 0 Å². The fourth-order valence-electron chi connectivity index (χ4n) is 1.86. The molecule has 6 nitrogen and oxygen atoms in total. The molecule has 7 heteroatoms. The maximum Gasteiger partial charge on any atom is 0.338 e. The van der Waals surface area contributed by atoms with Crippen molar-refractivity contribution in [2.75, 3.05) is 40.3 Å². The molecule has 0 aliphatic rings. The summed E-state index contributed by atoms with van der Waals surface area (Å²) in [6.07, 6.45) is 0. The number of hydrogen-bond donors (Lipinski definition) is 0. The van der Waals surface area contributed by atoms with Crippen molar-refractivity contribution in [2.45, 2.75) is 18.7 Å². The molecule has 0 spiro atoms. The molecule has 1 aromatic rings. The lowest BCUT2D eigenvalue weighted by molar-refractivity contribution is 0.0466. The second-order valence-corrected chi connectivity index (χ2v) is 7.13. The zero-order valence-electron chi connectivity index (χ0n) is 13.6. The largest absolute Gasteiger partial charge is 0.461 e. The molecule has 0 fully saturated rings. The summed E-state index contributed by atoms with van der Waals surface area (Å²) >= 11 is 0. The van der Waals surface area contributed by atoms with Gasteiger partial charge in [0.25, 0.3) is 0 Å². The van der Waals surface area contributed by atoms with Gasteiger partial charge in [-0.1, -0.05) is 13.8 Å². The van der Waals surface area contributed by atoms with E-state index in [4.69, 9.17) is 4.74 Å². The molecule has 0 unspecified atom stereocenters. The molecule has 22 heavy (non-hydrogen) atoms. The van der Waals surface area contributed by atoms with Crippen molar-refractivity contribution in [3.05, 3.63) is 29.8 Å². The zero-order valence-corrected chi connectivity index (χ0v) is 14.4. The number of likely N-dealkylation sites (N-methyl/N-ethyl adjacent to an activating group) is 1. The summed E-state index contributed by atoms with van der Waals surface area (Å²) in [6, 6.07) is 5.76. The lowest BCUT2D eigenvalue weighted by Gasteiger charge is -2.17. The van der Waals surface area contributed by atoms with Gasteiger partial charge in [0, 0.05) is 20.6 Å². The van der Waals surface area contributed by atoms with E-state index in [0.29, 0.717) is 18.7 Å². The molecule has 1 rings (SSSR count). The van der Waals surface area contributed by atoms with Crippen LogP contribution in [0.1, 0.15) is 24.2 Å². The molecule has 0 saturated carbocycles. The molecule has 0 aromatic heterocycles. The minimum absolute atomic E-state index is 0.150. The third-order valence-electron chi connectivity index (χ3n) is 3.40. The number of sulfonamides is 1. The van der Waals surface area contributed by atoms with Crippen LogP contribution in [0.5, 0.6) is 0 Å². The lowest BCUT2D eigenvalue weighted by atomic mass is 10.2. The van der Waals surface area contributed by atoms with Crippen LogP contribution < -0.4 is 0 Å². The van der Waals surface area contributed by atoms with Gasteiger partial charge in [0.15, 0.2) is 0 Å². The fraction of sp³-hybridized carbons (Fsp3) is 0.533. The Hall–Kier alpha value is -1.44. The van der Waals surface area contributed by atoms with Gasteiger partial charge in [0.05, 0.1) is 10.5 Å². The standard InChI is InChI=1S/C15H24N2O4S/c1-5-17(6-2)11-12-21-15(18)13-7-9-14(10-8-13)22(19,20)16(3)4/h7-10H,5-6,11-12H2,1-4H3. The number of carbonyl (C=O) groups is 1. The fourth-order valence-corrected chi connectivity index (χ4v) is 2.77. The smallest absolute Gasteiger partial charge is 0.338 e. The minimum Gasteiger partial charge on any atom is -0.461 e. The second-order valence-electron chi connectivity index (χ2n) is 4.97. The average Bonchev–Trinajstić information content (AvgIpc) is 2.51. The highest BCUT2D eigenvalue weighted by Gasteiger charge is 2.17. The predicted octanol–water partition coefficient (Wildman–Crippen LogP) is 1.44. The molecule has 124 valence electrons. The number of carbonyl (C=O) groups excluding carboxylic acids is 1. The number of ether oxygens (including phenoxy) is 1. The van der Waals surface area contributed by atoms with E-state index < -0.39 is 16.0 Å². The summed E-state index contributed by atoms with van der Waals surface area (Å²) in [7, 11) is -0.554. The highest BCUT2D eigenvalue weighted by molar-refractivity contribution is 7.89. The van der Waals surface area contributed by atoms with Crippen LogP contribution in [-0.4, -0.2) is 63.9 Å². The van der Waals surface area contributed by atoms with Crippen LogP contribution in [0.3, 0.4) is 0 Å². The lowest BCUT2D eigenvalue weighted by Crippen LogP contribution is -2.27. The van der Waals surface area contributed by atoms with E-state index >= 15 is 0 Å². The predicted molar refractivity (Wildman–Crippen MR) is 85.4 cm³/mol. The summed E-state index contributed by atoms with van der Waals surface area (Å²) < 4.78 is 30.2. The van der Waals surface area contributed by atoms with Gasteiger partial charge in [-0.3, -0.25) is 0 Å². The first-order valence-electron chi connectivity index (χ1n) is 7.25. The Bertz CT molecular complexity index is 578. The molecule has 0 radical (unpaired) electrons. The van der Waals surface area contributed by atoms with Gasteiger partial charge in [-0.2, -0.15) is 0 Å². The molecular formula is C15H24N2O4S. The molecule has 0 atom stereocenters. The highest BCUT2D eigenvalue weighted by atomic mass is 32.2. The van der Waals surface area contributed by atoms with Crippen LogP contribution in [-0.2, 0) is 14.8 Å². The second kappa shape index (κ2) is 8.26. The third kappa shape index (κ3) is 4.79. The quantitative estimate of drug-likeness (QED) is 0.676. The molecule has 0 N–H and O–H groups in total. The molecule has 0 aliphatic carbocycles. The van der Waals surface area contributed by atoms with Crippen LogP contribution in [0.4, 0.5) is 0 Å². The van der Waals surface area contributed by atoms with Gasteiger partial charge in [0.2, 0.25) is 10.0 Å². The first-order chi connectivity index (χ1) is 10.3. The number of hydrogen-bond acceptors (Lipinski definition) is 5. The van der Waals surface area contributed by atoms with Gasteiger partial charge in [-0.25, -0.2) is 17.5 Å². The van der Waals surface area contributed by atoms with E-state index in [2.05, 4.69) is 18.7 Å². The van der Waals surface area contributed by atoms with Crippen molar-refractivity contribution in [1.82, 2.24) is 9.21 Å². The monoisotopic (exact) mass is 328 g/mol. The molecule has 0 bridgehead atoms. The van der Waals surface area contributed by atoms with E-state index in [9.17, 15) is 13.2 Å².